The van der Waals surface area contributed by atoms with Gasteiger partial charge in [0.05, 0.1) is 7.11 Å². The molecule has 0 fully saturated rings. The number of hydrogen-bond donors (Lipinski definition) is 1. The minimum absolute atomic E-state index is 0.131. The number of methoxy groups -OCH3 is 1. The Hall–Kier alpha value is -2.50. The standard InChI is InChI=1S/C21H28N4O2/c1-27-21-23-14-16(15-24-21)9-12-19(26)8-3-2-7-18-11-10-17-6-4-5-13-22-20(17)25-18/h9,12,14-15,22H,2-8,10-11,13H2,1H3/b12-9+. The summed E-state index contributed by atoms with van der Waals surface area (Å²) in [6.45, 7) is 1.04. The Morgan fingerprint density at radius 2 is 2.04 bits per heavy atom. The van der Waals surface area contributed by atoms with E-state index in [4.69, 9.17) is 9.73 Å². The number of hydrogen-bond acceptors (Lipinski definition) is 6. The van der Waals surface area contributed by atoms with Crippen LogP contribution in [0.3, 0.4) is 0 Å². The van der Waals surface area contributed by atoms with Crippen molar-refractivity contribution in [1.82, 2.24) is 15.3 Å². The van der Waals surface area contributed by atoms with Crippen molar-refractivity contribution in [3.63, 3.8) is 0 Å². The summed E-state index contributed by atoms with van der Waals surface area (Å²) in [5.41, 5.74) is 3.57. The molecule has 0 spiro atoms. The molecule has 1 aromatic heterocycles. The molecule has 0 saturated heterocycles. The SMILES string of the molecule is COc1ncc(/C=C/C(=O)CCCCC2=NC3=C(CCCCN3)CC2)cn1. The lowest BCUT2D eigenvalue weighted by atomic mass is 9.97. The number of ether oxygens (including phenoxy) is 1. The molecular formula is C21H28N4O2. The topological polar surface area (TPSA) is 76.5 Å². The van der Waals surface area contributed by atoms with Gasteiger partial charge in [0, 0.05) is 36.6 Å². The number of ketones is 1. The zero-order valence-corrected chi connectivity index (χ0v) is 16.0. The first-order chi connectivity index (χ1) is 13.2. The molecule has 0 aliphatic carbocycles. The molecule has 6 nitrogen and oxygen atoms in total. The van der Waals surface area contributed by atoms with E-state index in [9.17, 15) is 4.79 Å². The number of carbonyl (C=O) groups excluding carboxylic acids is 1. The van der Waals surface area contributed by atoms with E-state index >= 15 is 0 Å². The van der Waals surface area contributed by atoms with Crippen molar-refractivity contribution in [2.75, 3.05) is 13.7 Å². The van der Waals surface area contributed by atoms with Gasteiger partial charge in [-0.2, -0.15) is 0 Å². The molecule has 2 aliphatic heterocycles. The molecule has 3 heterocycles. The molecule has 0 saturated carbocycles. The van der Waals surface area contributed by atoms with Crippen LogP contribution in [-0.2, 0) is 4.79 Å². The Kier molecular flexibility index (Phi) is 7.13. The molecule has 0 unspecified atom stereocenters. The van der Waals surface area contributed by atoms with Gasteiger partial charge in [0.1, 0.15) is 5.82 Å². The summed E-state index contributed by atoms with van der Waals surface area (Å²) in [5.74, 6) is 1.27. The first-order valence-electron chi connectivity index (χ1n) is 9.84. The van der Waals surface area contributed by atoms with Crippen molar-refractivity contribution in [3.8, 4) is 6.01 Å². The average molecular weight is 368 g/mol. The summed E-state index contributed by atoms with van der Waals surface area (Å²) < 4.78 is 4.92. The van der Waals surface area contributed by atoms with Crippen molar-refractivity contribution >= 4 is 17.6 Å². The Labute approximate surface area is 160 Å². The predicted octanol–water partition coefficient (Wildman–Crippen LogP) is 3.85. The number of aromatic nitrogens is 2. The van der Waals surface area contributed by atoms with Crippen LogP contribution in [0.1, 0.15) is 63.4 Å². The molecule has 0 radical (unpaired) electrons. The second kappa shape index (κ2) is 10.00. The Morgan fingerprint density at radius 1 is 1.19 bits per heavy atom. The molecule has 2 aliphatic rings. The van der Waals surface area contributed by atoms with Gasteiger partial charge in [-0.1, -0.05) is 0 Å². The lowest BCUT2D eigenvalue weighted by Crippen LogP contribution is -2.18. The van der Waals surface area contributed by atoms with Gasteiger partial charge in [-0.15, -0.1) is 0 Å². The molecule has 3 rings (SSSR count). The Morgan fingerprint density at radius 3 is 2.85 bits per heavy atom. The number of carbonyl (C=O) groups is 1. The highest BCUT2D eigenvalue weighted by Gasteiger charge is 2.16. The van der Waals surface area contributed by atoms with E-state index < -0.39 is 0 Å². The Balaban J connectivity index is 1.38. The molecule has 1 N–H and O–H groups in total. The van der Waals surface area contributed by atoms with Crippen molar-refractivity contribution in [2.45, 2.75) is 57.8 Å². The fourth-order valence-electron chi connectivity index (χ4n) is 3.38. The third-order valence-corrected chi connectivity index (χ3v) is 4.95. The van der Waals surface area contributed by atoms with Crippen LogP contribution in [0.2, 0.25) is 0 Å². The van der Waals surface area contributed by atoms with Crippen LogP contribution in [0, 0.1) is 0 Å². The van der Waals surface area contributed by atoms with E-state index in [2.05, 4.69) is 15.3 Å². The zero-order valence-electron chi connectivity index (χ0n) is 16.0. The summed E-state index contributed by atoms with van der Waals surface area (Å²) in [6, 6.07) is 0.325. The zero-order chi connectivity index (χ0) is 18.9. The molecule has 1 aromatic rings. The molecular weight excluding hydrogens is 340 g/mol. The van der Waals surface area contributed by atoms with Crippen LogP contribution >= 0.6 is 0 Å². The summed E-state index contributed by atoms with van der Waals surface area (Å²) in [6.07, 6.45) is 16.0. The van der Waals surface area contributed by atoms with Gasteiger partial charge in [0.25, 0.3) is 0 Å². The van der Waals surface area contributed by atoms with Crippen LogP contribution in [-0.4, -0.2) is 35.1 Å². The maximum Gasteiger partial charge on any atom is 0.316 e. The number of allylic oxidation sites excluding steroid dienone is 2. The first-order valence-corrected chi connectivity index (χ1v) is 9.84. The van der Waals surface area contributed by atoms with E-state index in [0.717, 1.165) is 50.0 Å². The van der Waals surface area contributed by atoms with Crippen molar-refractivity contribution < 1.29 is 9.53 Å². The van der Waals surface area contributed by atoms with Crippen molar-refractivity contribution in [1.29, 1.82) is 0 Å². The van der Waals surface area contributed by atoms with Crippen LogP contribution in [0.4, 0.5) is 0 Å². The van der Waals surface area contributed by atoms with Gasteiger partial charge >= 0.3 is 6.01 Å². The normalized spacial score (nSPS) is 17.1. The second-order valence-corrected chi connectivity index (χ2v) is 7.02. The van der Waals surface area contributed by atoms with Gasteiger partial charge in [-0.3, -0.25) is 4.79 Å². The van der Waals surface area contributed by atoms with E-state index in [1.807, 2.05) is 0 Å². The third kappa shape index (κ3) is 6.01. The predicted molar refractivity (Wildman–Crippen MR) is 107 cm³/mol. The second-order valence-electron chi connectivity index (χ2n) is 7.02. The van der Waals surface area contributed by atoms with E-state index in [0.29, 0.717) is 12.4 Å². The third-order valence-electron chi connectivity index (χ3n) is 4.95. The monoisotopic (exact) mass is 368 g/mol. The summed E-state index contributed by atoms with van der Waals surface area (Å²) >= 11 is 0. The van der Waals surface area contributed by atoms with Crippen LogP contribution in [0.25, 0.3) is 6.08 Å². The molecule has 0 amide bonds. The summed E-state index contributed by atoms with van der Waals surface area (Å²) in [5, 5.41) is 3.47. The summed E-state index contributed by atoms with van der Waals surface area (Å²) in [4.78, 5) is 24.9. The van der Waals surface area contributed by atoms with E-state index in [-0.39, 0.29) is 5.78 Å². The molecule has 0 aromatic carbocycles. The molecule has 144 valence electrons. The van der Waals surface area contributed by atoms with Crippen molar-refractivity contribution in [3.05, 3.63) is 35.4 Å². The van der Waals surface area contributed by atoms with E-state index in [1.54, 1.807) is 24.5 Å². The molecule has 6 heteroatoms. The quantitative estimate of drug-likeness (QED) is 0.557. The van der Waals surface area contributed by atoms with Gasteiger partial charge in [0.15, 0.2) is 5.78 Å². The van der Waals surface area contributed by atoms with E-state index in [1.165, 1.54) is 37.7 Å². The largest absolute Gasteiger partial charge is 0.467 e. The van der Waals surface area contributed by atoms with Crippen molar-refractivity contribution in [2.24, 2.45) is 4.99 Å². The van der Waals surface area contributed by atoms with Gasteiger partial charge < -0.3 is 10.1 Å². The Bertz CT molecular complexity index is 735. The minimum Gasteiger partial charge on any atom is -0.467 e. The molecule has 27 heavy (non-hydrogen) atoms. The fourth-order valence-corrected chi connectivity index (χ4v) is 3.38. The lowest BCUT2D eigenvalue weighted by Gasteiger charge is -2.18. The first kappa shape index (κ1) is 19.3. The summed E-state index contributed by atoms with van der Waals surface area (Å²) in [7, 11) is 1.52. The maximum absolute atomic E-state index is 12.0. The number of unbranched alkanes of at least 4 members (excludes halogenated alkanes) is 1. The van der Waals surface area contributed by atoms with Crippen LogP contribution < -0.4 is 10.1 Å². The van der Waals surface area contributed by atoms with Gasteiger partial charge in [0.2, 0.25) is 0 Å². The van der Waals surface area contributed by atoms with Gasteiger partial charge in [-0.25, -0.2) is 15.0 Å². The highest BCUT2D eigenvalue weighted by atomic mass is 16.5. The molecule has 0 atom stereocenters. The van der Waals surface area contributed by atoms with Gasteiger partial charge in [-0.05, 0) is 69.1 Å². The fraction of sp³-hybridized carbons (Fsp3) is 0.524. The molecule has 0 bridgehead atoms. The number of aliphatic imine (C=N–C) groups is 1. The highest BCUT2D eigenvalue weighted by Crippen LogP contribution is 2.26. The average Bonchev–Trinajstić information content (AvgIpc) is 2.95. The lowest BCUT2D eigenvalue weighted by molar-refractivity contribution is -0.114. The number of nitrogens with zero attached hydrogens (tertiary/aromatic N) is 3. The van der Waals surface area contributed by atoms with Crippen LogP contribution in [0.5, 0.6) is 6.01 Å². The van der Waals surface area contributed by atoms with Crippen LogP contribution in [0.15, 0.2) is 34.9 Å². The highest BCUT2D eigenvalue weighted by molar-refractivity contribution is 5.93. The number of rotatable bonds is 8. The minimum atomic E-state index is 0.131. The maximum atomic E-state index is 12.0. The smallest absolute Gasteiger partial charge is 0.316 e. The number of nitrogens with one attached hydrogen (secondary N) is 1.